The molecule has 2 amide bonds. The Bertz CT molecular complexity index is 2220. The van der Waals surface area contributed by atoms with Crippen LogP contribution in [0.4, 0.5) is 13.2 Å². The largest absolute Gasteiger partial charge is 0.487 e. The van der Waals surface area contributed by atoms with E-state index in [9.17, 15) is 27.6 Å². The van der Waals surface area contributed by atoms with E-state index in [1.807, 2.05) is 50.2 Å². The Hall–Kier alpha value is -5.21. The van der Waals surface area contributed by atoms with Crippen LogP contribution in [0.2, 0.25) is 5.04 Å². The van der Waals surface area contributed by atoms with Crippen LogP contribution in [0.1, 0.15) is 99.2 Å². The quantitative estimate of drug-likeness (QED) is 0.127. The molecule has 1 fully saturated rings. The van der Waals surface area contributed by atoms with Gasteiger partial charge in [0.1, 0.15) is 23.0 Å². The minimum atomic E-state index is -2.94. The summed E-state index contributed by atoms with van der Waals surface area (Å²) >= 11 is 0. The summed E-state index contributed by atoms with van der Waals surface area (Å²) in [7, 11) is -2.94. The molecule has 7 rings (SSSR count). The number of rotatable bonds is 12. The van der Waals surface area contributed by atoms with Crippen molar-refractivity contribution in [3.8, 4) is 5.75 Å². The van der Waals surface area contributed by atoms with E-state index < -0.39 is 66.8 Å². The van der Waals surface area contributed by atoms with E-state index in [4.69, 9.17) is 14.0 Å². The molecule has 1 aromatic heterocycles. The van der Waals surface area contributed by atoms with E-state index in [1.54, 1.807) is 9.47 Å². The van der Waals surface area contributed by atoms with Crippen molar-refractivity contribution in [2.75, 3.05) is 19.8 Å². The number of nitrogens with zero attached hydrogens (tertiary/aromatic N) is 3. The van der Waals surface area contributed by atoms with Gasteiger partial charge in [0.25, 0.3) is 20.1 Å². The minimum Gasteiger partial charge on any atom is -0.487 e. The van der Waals surface area contributed by atoms with Crippen molar-refractivity contribution in [1.82, 2.24) is 14.8 Å². The standard InChI is InChI=1S/C44H49F3N4O6Si/c1-6-7-20-55-40-38-42(54)50-26-37(51(38)25-34(39(40)52)41(53)48-24-33-35(46)21-29(45)22-36(33)47)44(19-18-28(50)2)23-30(49-57-44)27-56-58(43(3,4)5,31-14-10-8-11-15-31)32-16-12-9-13-17-32/h8-17,21-22,25,28,37H,6-7,18-20,23-24,26-27H2,1-5H3,(H,48,53)/t28-,37+,44-/m0/s1. The second-order valence-corrected chi connectivity index (χ2v) is 20.8. The Labute approximate surface area is 337 Å². The zero-order chi connectivity index (χ0) is 41.4. The Morgan fingerprint density at radius 2 is 1.66 bits per heavy atom. The molecule has 0 saturated carbocycles. The van der Waals surface area contributed by atoms with Gasteiger partial charge in [0.15, 0.2) is 17.0 Å². The van der Waals surface area contributed by atoms with Gasteiger partial charge in [-0.1, -0.05) is 99.9 Å². The number of ether oxygens (including phenoxy) is 1. The fourth-order valence-corrected chi connectivity index (χ4v) is 13.2. The number of hydrogen-bond acceptors (Lipinski definition) is 7. The fourth-order valence-electron chi connectivity index (χ4n) is 8.66. The molecule has 2 bridgehead atoms. The maximum Gasteiger partial charge on any atom is 0.274 e. The molecule has 3 aliphatic rings. The number of carbonyl (C=O) groups is 2. The maximum absolute atomic E-state index is 14.5. The second kappa shape index (κ2) is 16.2. The van der Waals surface area contributed by atoms with E-state index in [2.05, 4.69) is 55.5 Å². The van der Waals surface area contributed by atoms with Crippen molar-refractivity contribution in [1.29, 1.82) is 0 Å². The summed E-state index contributed by atoms with van der Waals surface area (Å²) in [4.78, 5) is 50.4. The first-order valence-corrected chi connectivity index (χ1v) is 21.7. The van der Waals surface area contributed by atoms with Crippen LogP contribution >= 0.6 is 0 Å². The van der Waals surface area contributed by atoms with Crippen LogP contribution in [0.25, 0.3) is 0 Å². The Morgan fingerprint density at radius 1 is 1.02 bits per heavy atom. The summed E-state index contributed by atoms with van der Waals surface area (Å²) < 4.78 is 57.5. The molecular formula is C44H49F3N4O6Si. The third-order valence-electron chi connectivity index (χ3n) is 11.7. The average Bonchev–Trinajstić information content (AvgIpc) is 3.56. The SMILES string of the molecule is CCCCOc1c2n(cc(C(=O)NCc3c(F)cc(F)cc3F)c1=O)[C@@H]1CN(C2=O)[C@@H](C)CC[C@]12CC(CO[Si](c1ccccc1)(c1ccccc1)C(C)(C)C)=NO2. The molecule has 58 heavy (non-hydrogen) atoms. The first-order chi connectivity index (χ1) is 27.7. The molecule has 1 saturated heterocycles. The lowest BCUT2D eigenvalue weighted by molar-refractivity contribution is -0.0656. The number of benzene rings is 3. The average molecular weight is 815 g/mol. The monoisotopic (exact) mass is 814 g/mol. The molecule has 1 N–H and O–H groups in total. The lowest BCUT2D eigenvalue weighted by Gasteiger charge is -2.43. The molecule has 1 spiro atoms. The Morgan fingerprint density at radius 3 is 2.26 bits per heavy atom. The number of pyridine rings is 1. The van der Waals surface area contributed by atoms with Crippen LogP contribution in [0, 0.1) is 17.5 Å². The Kier molecular flexibility index (Phi) is 11.4. The summed E-state index contributed by atoms with van der Waals surface area (Å²) in [6.07, 6.45) is 4.06. The summed E-state index contributed by atoms with van der Waals surface area (Å²) in [6, 6.07) is 20.8. The molecule has 4 aromatic rings. The molecule has 3 aliphatic heterocycles. The number of aromatic nitrogens is 1. The second-order valence-electron chi connectivity index (χ2n) is 16.5. The summed E-state index contributed by atoms with van der Waals surface area (Å²) in [5.74, 6) is -5.11. The zero-order valence-corrected chi connectivity index (χ0v) is 34.4. The van der Waals surface area contributed by atoms with Gasteiger partial charge in [0.2, 0.25) is 5.43 Å². The molecule has 3 aromatic carbocycles. The van der Waals surface area contributed by atoms with E-state index >= 15 is 0 Å². The topological polar surface area (TPSA) is 111 Å². The van der Waals surface area contributed by atoms with Gasteiger partial charge in [-0.25, -0.2) is 13.2 Å². The van der Waals surface area contributed by atoms with E-state index in [0.29, 0.717) is 43.5 Å². The number of nitrogens with one attached hydrogen (secondary N) is 1. The van der Waals surface area contributed by atoms with Crippen LogP contribution in [0.5, 0.6) is 5.75 Å². The number of unbranched alkanes of at least 4 members (excludes halogenated alkanes) is 1. The van der Waals surface area contributed by atoms with Gasteiger partial charge < -0.3 is 28.8 Å². The molecule has 3 atom stereocenters. The number of oxime groups is 1. The first-order valence-electron chi connectivity index (χ1n) is 19.8. The van der Waals surface area contributed by atoms with Gasteiger partial charge in [0, 0.05) is 49.4 Å². The van der Waals surface area contributed by atoms with E-state index in [0.717, 1.165) is 16.8 Å². The lowest BCUT2D eigenvalue weighted by Crippen LogP contribution is -2.67. The molecule has 0 aliphatic carbocycles. The molecule has 10 nitrogen and oxygen atoms in total. The van der Waals surface area contributed by atoms with Crippen LogP contribution in [-0.4, -0.2) is 66.7 Å². The lowest BCUT2D eigenvalue weighted by atomic mass is 9.84. The predicted octanol–water partition coefficient (Wildman–Crippen LogP) is 6.65. The number of amides is 2. The highest BCUT2D eigenvalue weighted by Gasteiger charge is 2.56. The normalized spacial score (nSPS) is 20.3. The van der Waals surface area contributed by atoms with Gasteiger partial charge in [-0.3, -0.25) is 14.4 Å². The number of hydrogen-bond donors (Lipinski definition) is 1. The summed E-state index contributed by atoms with van der Waals surface area (Å²) in [5, 5.41) is 9.04. The van der Waals surface area contributed by atoms with Crippen molar-refractivity contribution in [2.24, 2.45) is 5.16 Å². The van der Waals surface area contributed by atoms with E-state index in [1.165, 1.54) is 6.20 Å². The molecule has 4 heterocycles. The highest BCUT2D eigenvalue weighted by atomic mass is 28.4. The van der Waals surface area contributed by atoms with Gasteiger partial charge in [-0.15, -0.1) is 0 Å². The fraction of sp³-hybridized carbons (Fsp3) is 0.409. The van der Waals surface area contributed by atoms with Crippen molar-refractivity contribution in [3.63, 3.8) is 0 Å². The summed E-state index contributed by atoms with van der Waals surface area (Å²) in [5.41, 5.74) is -2.10. The molecular weight excluding hydrogens is 766 g/mol. The molecule has 0 unspecified atom stereocenters. The summed E-state index contributed by atoms with van der Waals surface area (Å²) in [6.45, 7) is 10.3. The molecule has 306 valence electrons. The van der Waals surface area contributed by atoms with Crippen molar-refractivity contribution < 1.29 is 36.8 Å². The van der Waals surface area contributed by atoms with E-state index in [-0.39, 0.29) is 47.8 Å². The molecule has 0 radical (unpaired) electrons. The number of halogens is 3. The molecule has 14 heteroatoms. The van der Waals surface area contributed by atoms with Crippen molar-refractivity contribution in [2.45, 2.75) is 96.0 Å². The smallest absolute Gasteiger partial charge is 0.274 e. The highest BCUT2D eigenvalue weighted by molar-refractivity contribution is 6.99. The van der Waals surface area contributed by atoms with Gasteiger partial charge in [0.05, 0.1) is 25.0 Å². The van der Waals surface area contributed by atoms with Crippen LogP contribution < -0.4 is 25.9 Å². The van der Waals surface area contributed by atoms with Crippen LogP contribution in [0.15, 0.2) is 88.9 Å². The maximum atomic E-state index is 14.5. The number of carbonyl (C=O) groups excluding carboxylic acids is 2. The van der Waals surface area contributed by atoms with Gasteiger partial charge in [-0.2, -0.15) is 0 Å². The first kappa shape index (κ1) is 41.0. The third kappa shape index (κ3) is 7.36. The number of fused-ring (bicyclic) bond motifs is 5. The highest BCUT2D eigenvalue weighted by Crippen LogP contribution is 2.47. The van der Waals surface area contributed by atoms with Gasteiger partial charge >= 0.3 is 0 Å². The van der Waals surface area contributed by atoms with Crippen LogP contribution in [-0.2, 0) is 15.8 Å². The van der Waals surface area contributed by atoms with Crippen LogP contribution in [0.3, 0.4) is 0 Å². The minimum absolute atomic E-state index is 0.00161. The van der Waals surface area contributed by atoms with Gasteiger partial charge in [-0.05, 0) is 41.6 Å². The Balaban J connectivity index is 1.25. The van der Waals surface area contributed by atoms with Crippen molar-refractivity contribution >= 4 is 36.2 Å². The third-order valence-corrected chi connectivity index (χ3v) is 16.7. The van der Waals surface area contributed by atoms with Crippen molar-refractivity contribution in [3.05, 3.63) is 123 Å². The predicted molar refractivity (Wildman–Crippen MR) is 217 cm³/mol. The zero-order valence-electron chi connectivity index (χ0n) is 33.4.